The Morgan fingerprint density at radius 3 is 2.35 bits per heavy atom. The molecule has 0 saturated heterocycles. The number of aryl methyl sites for hydroxylation is 2. The van der Waals surface area contributed by atoms with Crippen LogP contribution in [0.1, 0.15) is 76.3 Å². The van der Waals surface area contributed by atoms with E-state index in [1.807, 2.05) is 12.1 Å². The molecule has 222 valence electrons. The lowest BCUT2D eigenvalue weighted by Gasteiger charge is -2.39. The monoisotopic (exact) mass is 591 g/mol. The third kappa shape index (κ3) is 3.75. The molecule has 5 aliphatic heterocycles. The number of halogens is 4. The van der Waals surface area contributed by atoms with Crippen molar-refractivity contribution in [2.75, 3.05) is 37.7 Å². The van der Waals surface area contributed by atoms with Gasteiger partial charge in [0.05, 0.1) is 12.2 Å². The van der Waals surface area contributed by atoms with Gasteiger partial charge in [0.2, 0.25) is 5.36 Å². The number of esters is 1. The second kappa shape index (κ2) is 9.82. The molecular formula is C34H31F4N2O3+. The quantitative estimate of drug-likeness (QED) is 0.112. The van der Waals surface area contributed by atoms with Crippen LogP contribution >= 0.6 is 0 Å². The first-order valence-electron chi connectivity index (χ1n) is 15.3. The summed E-state index contributed by atoms with van der Waals surface area (Å²) in [5.74, 6) is -7.57. The summed E-state index contributed by atoms with van der Waals surface area (Å²) in [6.07, 6.45) is 6.73. The van der Waals surface area contributed by atoms with Crippen molar-refractivity contribution >= 4 is 17.2 Å². The van der Waals surface area contributed by atoms with Crippen molar-refractivity contribution < 1.29 is 31.8 Å². The summed E-state index contributed by atoms with van der Waals surface area (Å²) in [4.78, 5) is 15.6. The first-order valence-corrected chi connectivity index (χ1v) is 15.3. The largest absolute Gasteiger partial charge is 0.462 e. The van der Waals surface area contributed by atoms with Gasteiger partial charge in [-0.05, 0) is 63.1 Å². The minimum absolute atomic E-state index is 0.148. The van der Waals surface area contributed by atoms with Gasteiger partial charge in [-0.15, -0.1) is 0 Å². The maximum absolute atomic E-state index is 16.2. The van der Waals surface area contributed by atoms with Gasteiger partial charge in [0.15, 0.2) is 23.3 Å². The molecule has 0 atom stereocenters. The molecule has 9 heteroatoms. The average molecular weight is 592 g/mol. The molecule has 0 unspecified atom stereocenters. The molecule has 3 aromatic carbocycles. The average Bonchev–Trinajstić information content (AvgIpc) is 3.02. The van der Waals surface area contributed by atoms with E-state index in [9.17, 15) is 9.18 Å². The smallest absolute Gasteiger partial charge is 0.341 e. The van der Waals surface area contributed by atoms with Crippen molar-refractivity contribution in [3.05, 3.63) is 84.9 Å². The number of fused-ring (bicyclic) bond motifs is 4. The molecule has 3 aromatic rings. The highest BCUT2D eigenvalue weighted by atomic mass is 19.2. The summed E-state index contributed by atoms with van der Waals surface area (Å²) < 4.78 is 76.0. The van der Waals surface area contributed by atoms with Gasteiger partial charge in [0.1, 0.15) is 30.2 Å². The van der Waals surface area contributed by atoms with E-state index in [-0.39, 0.29) is 12.2 Å². The van der Waals surface area contributed by atoms with Crippen molar-refractivity contribution in [2.45, 2.75) is 58.3 Å². The van der Waals surface area contributed by atoms with Crippen LogP contribution in [0.5, 0.6) is 11.5 Å². The fourth-order valence-electron chi connectivity index (χ4n) is 8.04. The predicted molar refractivity (Wildman–Crippen MR) is 153 cm³/mol. The SMILES string of the molecule is CCOC(=O)c1c(F)c(F)c(F)c(F)c1C1=c2cc3c4c(c2Oc2c1cc1c5c2CCCN5CCC1)CCC[N+]=4CCC3. The van der Waals surface area contributed by atoms with Crippen LogP contribution in [0.2, 0.25) is 0 Å². The van der Waals surface area contributed by atoms with Gasteiger partial charge in [-0.2, -0.15) is 0 Å². The van der Waals surface area contributed by atoms with E-state index >= 15 is 13.2 Å². The molecule has 0 amide bonds. The Kier molecular flexibility index (Phi) is 6.11. The van der Waals surface area contributed by atoms with E-state index in [0.717, 1.165) is 111 Å². The lowest BCUT2D eigenvalue weighted by Crippen LogP contribution is -2.45. The lowest BCUT2D eigenvalue weighted by atomic mass is 9.81. The van der Waals surface area contributed by atoms with Gasteiger partial charge in [0.25, 0.3) is 0 Å². The van der Waals surface area contributed by atoms with Gasteiger partial charge < -0.3 is 14.4 Å². The maximum Gasteiger partial charge on any atom is 0.341 e. The molecule has 0 spiro atoms. The van der Waals surface area contributed by atoms with Crippen molar-refractivity contribution in [2.24, 2.45) is 0 Å². The first-order chi connectivity index (χ1) is 20.9. The highest BCUT2D eigenvalue weighted by Crippen LogP contribution is 2.49. The van der Waals surface area contributed by atoms with Crippen molar-refractivity contribution in [1.82, 2.24) is 4.58 Å². The number of carbonyl (C=O) groups excluding carboxylic acids is 1. The number of carbonyl (C=O) groups is 1. The Balaban J connectivity index is 1.57. The van der Waals surface area contributed by atoms with Crippen LogP contribution < -0.4 is 24.8 Å². The van der Waals surface area contributed by atoms with Crippen molar-refractivity contribution in [3.8, 4) is 11.5 Å². The van der Waals surface area contributed by atoms with Gasteiger partial charge in [0, 0.05) is 64.7 Å². The van der Waals surface area contributed by atoms with Crippen LogP contribution in [0, 0.1) is 23.3 Å². The molecule has 0 saturated carbocycles. The summed E-state index contributed by atoms with van der Waals surface area (Å²) in [7, 11) is 0. The van der Waals surface area contributed by atoms with Gasteiger partial charge in [-0.1, -0.05) is 0 Å². The Labute approximate surface area is 246 Å². The molecule has 5 heterocycles. The second-order valence-electron chi connectivity index (χ2n) is 12.1. The van der Waals surface area contributed by atoms with E-state index in [4.69, 9.17) is 9.47 Å². The zero-order valence-corrected chi connectivity index (χ0v) is 24.0. The van der Waals surface area contributed by atoms with Crippen LogP contribution in [0.4, 0.5) is 23.2 Å². The Morgan fingerprint density at radius 1 is 0.860 bits per heavy atom. The number of anilines is 1. The number of nitrogens with zero attached hydrogens (tertiary/aromatic N) is 2. The third-order valence-electron chi connectivity index (χ3n) is 9.68. The van der Waals surface area contributed by atoms with Crippen LogP contribution in [0.25, 0.3) is 5.57 Å². The molecule has 5 nitrogen and oxygen atoms in total. The van der Waals surface area contributed by atoms with Crippen molar-refractivity contribution in [1.29, 1.82) is 0 Å². The third-order valence-corrected chi connectivity index (χ3v) is 9.68. The van der Waals surface area contributed by atoms with Crippen LogP contribution in [-0.4, -0.2) is 38.8 Å². The number of hydrogen-bond acceptors (Lipinski definition) is 4. The van der Waals surface area contributed by atoms with E-state index in [0.29, 0.717) is 22.3 Å². The summed E-state index contributed by atoms with van der Waals surface area (Å²) in [6, 6.07) is 3.85. The molecular weight excluding hydrogens is 560 g/mol. The zero-order chi connectivity index (χ0) is 29.6. The standard InChI is InChI=1S/C34H31F4N2O3/c1-2-42-34(41)25-24(26(35)28(37)29(38)27(25)36)23-21-15-17-7-3-11-39-13-5-9-19(30(17)39)32(21)43-33-20-10-6-14-40-12-4-8-18(31(20)40)16-22(23)33/h15-16H,2-14H2,1H3/q+1. The molecule has 0 bridgehead atoms. The van der Waals surface area contributed by atoms with Crippen LogP contribution in [0.15, 0.2) is 12.1 Å². The van der Waals surface area contributed by atoms with E-state index in [2.05, 4.69) is 9.48 Å². The van der Waals surface area contributed by atoms with Crippen molar-refractivity contribution in [3.63, 3.8) is 0 Å². The number of hydrogen-bond donors (Lipinski definition) is 0. The number of ether oxygens (including phenoxy) is 2. The topological polar surface area (TPSA) is 41.8 Å². The van der Waals surface area contributed by atoms with Gasteiger partial charge in [-0.3, -0.25) is 0 Å². The Bertz CT molecular complexity index is 1900. The van der Waals surface area contributed by atoms with Gasteiger partial charge in [-0.25, -0.2) is 26.9 Å². The van der Waals surface area contributed by atoms with E-state index < -0.39 is 40.4 Å². The summed E-state index contributed by atoms with van der Waals surface area (Å²) in [5, 5.41) is 1.59. The fraction of sp³-hybridized carbons (Fsp3) is 0.412. The molecule has 0 N–H and O–H groups in total. The minimum atomic E-state index is -2.04. The summed E-state index contributed by atoms with van der Waals surface area (Å²) >= 11 is 0. The highest BCUT2D eigenvalue weighted by Gasteiger charge is 2.39. The lowest BCUT2D eigenvalue weighted by molar-refractivity contribution is 0.0518. The molecule has 43 heavy (non-hydrogen) atoms. The molecule has 0 radical (unpaired) electrons. The first kappa shape index (κ1) is 26.7. The summed E-state index contributed by atoms with van der Waals surface area (Å²) in [6.45, 7) is 5.07. The number of benzene rings is 3. The second-order valence-corrected chi connectivity index (χ2v) is 12.1. The zero-order valence-electron chi connectivity index (χ0n) is 24.0. The predicted octanol–water partition coefficient (Wildman–Crippen LogP) is 4.86. The Morgan fingerprint density at radius 2 is 1.56 bits per heavy atom. The maximum atomic E-state index is 16.2. The van der Waals surface area contributed by atoms with E-state index in [1.165, 1.54) is 6.92 Å². The molecule has 5 aliphatic rings. The minimum Gasteiger partial charge on any atom is -0.462 e. The highest BCUT2D eigenvalue weighted by molar-refractivity contribution is 6.00. The van der Waals surface area contributed by atoms with E-state index in [1.54, 1.807) is 0 Å². The molecule has 8 rings (SSSR count). The fourth-order valence-corrected chi connectivity index (χ4v) is 8.04. The normalized spacial score (nSPS) is 17.9. The summed E-state index contributed by atoms with van der Waals surface area (Å²) in [5.41, 5.74) is 4.26. The molecule has 0 fully saturated rings. The van der Waals surface area contributed by atoms with Crippen LogP contribution in [-0.2, 0) is 30.4 Å². The molecule has 0 aromatic heterocycles. The van der Waals surface area contributed by atoms with Gasteiger partial charge >= 0.3 is 5.97 Å². The Hall–Kier alpha value is -3.88. The number of rotatable bonds is 3. The van der Waals surface area contributed by atoms with Crippen LogP contribution in [0.3, 0.4) is 0 Å². The molecule has 0 aliphatic carbocycles.